The van der Waals surface area contributed by atoms with Gasteiger partial charge in [-0.1, -0.05) is 27.7 Å². The number of carbonyl (C=O) groups excluding carboxylic acids is 2. The Balaban J connectivity index is 3.93. The molecule has 0 aromatic heterocycles. The molecule has 0 atom stereocenters. The topological polar surface area (TPSA) is 67.4 Å². The summed E-state index contributed by atoms with van der Waals surface area (Å²) < 4.78 is 5.69. The molecule has 0 aliphatic carbocycles. The molecular formula is C13H26N2O3. The summed E-state index contributed by atoms with van der Waals surface area (Å²) in [6.07, 6.45) is 0.697. The van der Waals surface area contributed by atoms with E-state index in [1.807, 2.05) is 27.7 Å². The lowest BCUT2D eigenvalue weighted by Crippen LogP contribution is -2.38. The third-order valence-corrected chi connectivity index (χ3v) is 2.47. The van der Waals surface area contributed by atoms with E-state index in [0.29, 0.717) is 32.7 Å². The Kier molecular flexibility index (Phi) is 6.91. The van der Waals surface area contributed by atoms with Crippen molar-refractivity contribution < 1.29 is 14.3 Å². The summed E-state index contributed by atoms with van der Waals surface area (Å²) >= 11 is 0. The summed E-state index contributed by atoms with van der Waals surface area (Å²) in [4.78, 5) is 21.1. The summed E-state index contributed by atoms with van der Waals surface area (Å²) in [7, 11) is 0. The monoisotopic (exact) mass is 258 g/mol. The number of rotatable bonds is 9. The zero-order valence-electron chi connectivity index (χ0n) is 12.1. The Bertz CT molecular complexity index is 275. The first-order valence-corrected chi connectivity index (χ1v) is 6.18. The third kappa shape index (κ3) is 8.98. The molecule has 0 fully saturated rings. The van der Waals surface area contributed by atoms with E-state index in [1.165, 1.54) is 6.92 Å². The molecule has 0 heterocycles. The lowest BCUT2D eigenvalue weighted by molar-refractivity contribution is -0.119. The van der Waals surface area contributed by atoms with Crippen molar-refractivity contribution in [3.63, 3.8) is 0 Å². The van der Waals surface area contributed by atoms with Crippen molar-refractivity contribution in [2.45, 2.75) is 34.6 Å². The fourth-order valence-corrected chi connectivity index (χ4v) is 1.39. The molecule has 0 spiro atoms. The molecule has 0 radical (unpaired) electrons. The molecular weight excluding hydrogens is 232 g/mol. The molecule has 5 heteroatoms. The largest absolute Gasteiger partial charge is 0.380 e. The van der Waals surface area contributed by atoms with Crippen LogP contribution in [0.5, 0.6) is 0 Å². The Morgan fingerprint density at radius 2 is 1.61 bits per heavy atom. The summed E-state index contributed by atoms with van der Waals surface area (Å²) in [6.45, 7) is 12.0. The highest BCUT2D eigenvalue weighted by Crippen LogP contribution is 2.18. The van der Waals surface area contributed by atoms with Crippen molar-refractivity contribution in [2.75, 3.05) is 26.3 Å². The number of hydrogen-bond donors (Lipinski definition) is 2. The first kappa shape index (κ1) is 16.9. The van der Waals surface area contributed by atoms with E-state index in [0.717, 1.165) is 0 Å². The molecule has 106 valence electrons. The van der Waals surface area contributed by atoms with E-state index in [-0.39, 0.29) is 16.7 Å². The van der Waals surface area contributed by atoms with Crippen molar-refractivity contribution in [3.8, 4) is 0 Å². The van der Waals surface area contributed by atoms with Gasteiger partial charge >= 0.3 is 0 Å². The van der Waals surface area contributed by atoms with Crippen molar-refractivity contribution in [1.29, 1.82) is 0 Å². The van der Waals surface area contributed by atoms with Crippen molar-refractivity contribution in [1.82, 2.24) is 10.6 Å². The smallest absolute Gasteiger partial charge is 0.216 e. The zero-order chi connectivity index (χ0) is 14.2. The maximum atomic E-state index is 10.8. The Morgan fingerprint density at radius 1 is 1.11 bits per heavy atom. The molecule has 0 unspecified atom stereocenters. The van der Waals surface area contributed by atoms with Gasteiger partial charge in [-0.15, -0.1) is 0 Å². The van der Waals surface area contributed by atoms with E-state index < -0.39 is 0 Å². The second-order valence-corrected chi connectivity index (χ2v) is 6.23. The third-order valence-electron chi connectivity index (χ3n) is 2.47. The molecule has 0 rings (SSSR count). The minimum atomic E-state index is -0.0974. The van der Waals surface area contributed by atoms with Crippen LogP contribution in [0.2, 0.25) is 0 Å². The number of amides is 2. The molecule has 0 aromatic rings. The van der Waals surface area contributed by atoms with Gasteiger partial charge in [0, 0.05) is 30.8 Å². The lowest BCUT2D eigenvalue weighted by Gasteiger charge is -2.29. The van der Waals surface area contributed by atoms with E-state index in [2.05, 4.69) is 10.6 Å². The Morgan fingerprint density at radius 3 is 2.06 bits per heavy atom. The van der Waals surface area contributed by atoms with Crippen LogP contribution in [0.25, 0.3) is 0 Å². The number of ether oxygens (including phenoxy) is 1. The van der Waals surface area contributed by atoms with Gasteiger partial charge in [-0.05, 0) is 0 Å². The second kappa shape index (κ2) is 7.36. The summed E-state index contributed by atoms with van der Waals surface area (Å²) in [6, 6.07) is 0. The van der Waals surface area contributed by atoms with Crippen LogP contribution >= 0.6 is 0 Å². The van der Waals surface area contributed by atoms with Crippen LogP contribution in [-0.2, 0) is 14.3 Å². The molecule has 0 aliphatic heterocycles. The normalized spacial score (nSPS) is 12.1. The summed E-state index contributed by atoms with van der Waals surface area (Å²) in [5.74, 6) is -0.0291. The molecule has 18 heavy (non-hydrogen) atoms. The average Bonchev–Trinajstić information content (AvgIpc) is 2.23. The van der Waals surface area contributed by atoms with E-state index in [1.54, 1.807) is 0 Å². The Labute approximate surface area is 110 Å². The molecule has 2 amide bonds. The van der Waals surface area contributed by atoms with Gasteiger partial charge in [0.25, 0.3) is 0 Å². The molecule has 0 aliphatic rings. The average molecular weight is 258 g/mol. The number of hydrogen-bond acceptors (Lipinski definition) is 3. The van der Waals surface area contributed by atoms with Crippen LogP contribution in [0.4, 0.5) is 0 Å². The maximum absolute atomic E-state index is 10.8. The predicted octanol–water partition coefficient (Wildman–Crippen LogP) is 0.937. The first-order chi connectivity index (χ1) is 8.18. The highest BCUT2D eigenvalue weighted by Gasteiger charge is 2.22. The lowest BCUT2D eigenvalue weighted by atomic mass is 9.93. The number of carbonyl (C=O) groups is 2. The van der Waals surface area contributed by atoms with Crippen LogP contribution in [0.1, 0.15) is 34.6 Å². The molecule has 0 saturated carbocycles. The zero-order valence-corrected chi connectivity index (χ0v) is 12.1. The van der Waals surface area contributed by atoms with Gasteiger partial charge in [-0.2, -0.15) is 0 Å². The minimum Gasteiger partial charge on any atom is -0.380 e. The van der Waals surface area contributed by atoms with Crippen molar-refractivity contribution in [3.05, 3.63) is 0 Å². The highest BCUT2D eigenvalue weighted by molar-refractivity contribution is 5.72. The molecule has 0 saturated heterocycles. The second-order valence-electron chi connectivity index (χ2n) is 6.23. The molecule has 2 N–H and O–H groups in total. The van der Waals surface area contributed by atoms with E-state index in [4.69, 9.17) is 4.74 Å². The van der Waals surface area contributed by atoms with E-state index in [9.17, 15) is 9.59 Å². The van der Waals surface area contributed by atoms with Crippen LogP contribution in [0.3, 0.4) is 0 Å². The number of nitrogens with one attached hydrogen (secondary N) is 2. The van der Waals surface area contributed by atoms with Gasteiger partial charge in [-0.3, -0.25) is 9.59 Å². The fourth-order valence-electron chi connectivity index (χ4n) is 1.39. The Hall–Kier alpha value is -1.10. The summed E-state index contributed by atoms with van der Waals surface area (Å²) in [5, 5.41) is 5.45. The van der Waals surface area contributed by atoms with E-state index >= 15 is 0 Å². The highest BCUT2D eigenvalue weighted by atomic mass is 16.5. The molecule has 5 nitrogen and oxygen atoms in total. The fraction of sp³-hybridized carbons (Fsp3) is 0.846. The van der Waals surface area contributed by atoms with Gasteiger partial charge in [-0.25, -0.2) is 0 Å². The van der Waals surface area contributed by atoms with Crippen LogP contribution < -0.4 is 10.6 Å². The van der Waals surface area contributed by atoms with Crippen molar-refractivity contribution >= 4 is 12.3 Å². The molecule has 0 bridgehead atoms. The van der Waals surface area contributed by atoms with Crippen LogP contribution in [0, 0.1) is 10.8 Å². The van der Waals surface area contributed by atoms with Gasteiger partial charge in [0.05, 0.1) is 13.2 Å². The quantitative estimate of drug-likeness (QED) is 0.605. The minimum absolute atomic E-state index is 0.0291. The molecule has 0 aromatic carbocycles. The van der Waals surface area contributed by atoms with Gasteiger partial charge in [0.1, 0.15) is 0 Å². The van der Waals surface area contributed by atoms with Gasteiger partial charge < -0.3 is 15.4 Å². The standard InChI is InChI=1S/C13H26N2O3/c1-11(17)15-7-13(4,5)9-18-8-12(2,3)6-14-10-16/h10H,6-9H2,1-5H3,(H,14,16)(H,15,17). The predicted molar refractivity (Wildman–Crippen MR) is 71.1 cm³/mol. The van der Waals surface area contributed by atoms with Crippen molar-refractivity contribution in [2.24, 2.45) is 10.8 Å². The maximum Gasteiger partial charge on any atom is 0.216 e. The van der Waals surface area contributed by atoms with Gasteiger partial charge in [0.15, 0.2) is 0 Å². The van der Waals surface area contributed by atoms with Crippen LogP contribution in [-0.4, -0.2) is 38.6 Å². The van der Waals surface area contributed by atoms with Crippen LogP contribution in [0.15, 0.2) is 0 Å². The van der Waals surface area contributed by atoms with Gasteiger partial charge in [0.2, 0.25) is 12.3 Å². The SMILES string of the molecule is CC(=O)NCC(C)(C)COCC(C)(C)CNC=O. The first-order valence-electron chi connectivity index (χ1n) is 6.18. The summed E-state index contributed by atoms with van der Waals surface area (Å²) in [5.41, 5.74) is -0.190.